The van der Waals surface area contributed by atoms with Crippen molar-refractivity contribution in [3.8, 4) is 5.69 Å². The van der Waals surface area contributed by atoms with Crippen LogP contribution in [0.4, 0.5) is 19.0 Å². The maximum atomic E-state index is 12.9. The van der Waals surface area contributed by atoms with Gasteiger partial charge in [-0.3, -0.25) is 4.90 Å². The van der Waals surface area contributed by atoms with E-state index in [4.69, 9.17) is 9.97 Å². The molecule has 0 spiro atoms. The quantitative estimate of drug-likeness (QED) is 0.354. The number of alkyl halides is 3. The molecule has 1 saturated heterocycles. The zero-order chi connectivity index (χ0) is 25.1. The number of rotatable bonds is 6. The maximum absolute atomic E-state index is 12.9. The number of fused-ring (bicyclic) bond motifs is 1. The van der Waals surface area contributed by atoms with E-state index in [1.54, 1.807) is 12.1 Å². The summed E-state index contributed by atoms with van der Waals surface area (Å²) in [7, 11) is 0. The van der Waals surface area contributed by atoms with Crippen molar-refractivity contribution in [3.05, 3.63) is 77.7 Å². The largest absolute Gasteiger partial charge is 0.416 e. The third kappa shape index (κ3) is 5.21. The summed E-state index contributed by atoms with van der Waals surface area (Å²) in [5.74, 6) is 1.71. The van der Waals surface area contributed by atoms with Crippen molar-refractivity contribution in [1.29, 1.82) is 0 Å². The summed E-state index contributed by atoms with van der Waals surface area (Å²) >= 11 is 0. The number of aromatic nitrogens is 4. The molecule has 9 heteroatoms. The van der Waals surface area contributed by atoms with E-state index < -0.39 is 11.7 Å². The molecule has 0 atom stereocenters. The lowest BCUT2D eigenvalue weighted by Crippen LogP contribution is -2.31. The van der Waals surface area contributed by atoms with Crippen LogP contribution in [0.15, 0.2) is 60.8 Å². The van der Waals surface area contributed by atoms with Gasteiger partial charge in [-0.05, 0) is 42.7 Å². The lowest BCUT2D eigenvalue weighted by molar-refractivity contribution is -0.137. The van der Waals surface area contributed by atoms with E-state index in [-0.39, 0.29) is 0 Å². The Morgan fingerprint density at radius 3 is 2.39 bits per heavy atom. The molecule has 1 aliphatic heterocycles. The SMILES string of the molecule is CCCc1nc(N2CCCN(Cc3ccc(C(F)(F)F)cc3)CC2)c2cnn(-c3ccccc3)c2n1. The van der Waals surface area contributed by atoms with Gasteiger partial charge in [0.25, 0.3) is 0 Å². The van der Waals surface area contributed by atoms with Crippen LogP contribution in [-0.4, -0.2) is 50.8 Å². The molecule has 36 heavy (non-hydrogen) atoms. The fraction of sp³-hybridized carbons (Fsp3) is 0.370. The van der Waals surface area contributed by atoms with Gasteiger partial charge in [0.1, 0.15) is 11.6 Å². The van der Waals surface area contributed by atoms with Crippen LogP contribution >= 0.6 is 0 Å². The van der Waals surface area contributed by atoms with Gasteiger partial charge in [-0.1, -0.05) is 37.3 Å². The van der Waals surface area contributed by atoms with Gasteiger partial charge in [0.15, 0.2) is 5.65 Å². The van der Waals surface area contributed by atoms with Gasteiger partial charge < -0.3 is 4.90 Å². The molecule has 0 bridgehead atoms. The van der Waals surface area contributed by atoms with Gasteiger partial charge in [-0.2, -0.15) is 18.3 Å². The molecule has 0 saturated carbocycles. The maximum Gasteiger partial charge on any atom is 0.416 e. The molecule has 3 heterocycles. The predicted octanol–water partition coefficient (Wildman–Crippen LogP) is 5.50. The standard InChI is InChI=1S/C27H29F3N6/c1-2-7-24-32-25(23-18-31-36(26(23)33-24)22-8-4-3-5-9-22)35-15-6-14-34(16-17-35)19-20-10-12-21(13-11-20)27(28,29)30/h3-5,8-13,18H,2,6-7,14-17,19H2,1H3. The minimum Gasteiger partial charge on any atom is -0.355 e. The highest BCUT2D eigenvalue weighted by atomic mass is 19.4. The molecule has 4 aromatic rings. The summed E-state index contributed by atoms with van der Waals surface area (Å²) in [6.45, 7) is 6.02. The van der Waals surface area contributed by atoms with Crippen molar-refractivity contribution in [3.63, 3.8) is 0 Å². The topological polar surface area (TPSA) is 50.1 Å². The first-order chi connectivity index (χ1) is 17.4. The van der Waals surface area contributed by atoms with E-state index in [0.717, 1.165) is 91.5 Å². The Bertz CT molecular complexity index is 1300. The third-order valence-corrected chi connectivity index (χ3v) is 6.50. The van der Waals surface area contributed by atoms with Crippen molar-refractivity contribution >= 4 is 16.9 Å². The molecule has 0 unspecified atom stereocenters. The summed E-state index contributed by atoms with van der Waals surface area (Å²) in [4.78, 5) is 14.4. The van der Waals surface area contributed by atoms with E-state index in [9.17, 15) is 13.2 Å². The molecule has 2 aromatic heterocycles. The van der Waals surface area contributed by atoms with Crippen LogP contribution in [0.5, 0.6) is 0 Å². The summed E-state index contributed by atoms with van der Waals surface area (Å²) in [6, 6.07) is 15.5. The monoisotopic (exact) mass is 494 g/mol. The molecule has 188 valence electrons. The molecule has 0 radical (unpaired) electrons. The third-order valence-electron chi connectivity index (χ3n) is 6.50. The Morgan fingerprint density at radius 2 is 1.67 bits per heavy atom. The highest BCUT2D eigenvalue weighted by molar-refractivity contribution is 5.88. The first kappa shape index (κ1) is 24.2. The molecule has 0 N–H and O–H groups in total. The van der Waals surface area contributed by atoms with Gasteiger partial charge in [-0.25, -0.2) is 14.6 Å². The van der Waals surface area contributed by atoms with E-state index >= 15 is 0 Å². The van der Waals surface area contributed by atoms with Gasteiger partial charge in [-0.15, -0.1) is 0 Å². The summed E-state index contributed by atoms with van der Waals surface area (Å²) in [5, 5.41) is 5.56. The number of anilines is 1. The van der Waals surface area contributed by atoms with Gasteiger partial charge >= 0.3 is 6.18 Å². The Balaban J connectivity index is 1.37. The lowest BCUT2D eigenvalue weighted by atomic mass is 10.1. The molecule has 1 fully saturated rings. The summed E-state index contributed by atoms with van der Waals surface area (Å²) in [6.07, 6.45) is 0.206. The van der Waals surface area contributed by atoms with Crippen molar-refractivity contribution in [2.75, 3.05) is 31.1 Å². The number of nitrogens with zero attached hydrogens (tertiary/aromatic N) is 6. The Kier molecular flexibility index (Phi) is 6.91. The Labute approximate surface area is 208 Å². The van der Waals surface area contributed by atoms with Crippen LogP contribution in [0, 0.1) is 0 Å². The van der Waals surface area contributed by atoms with Crippen LogP contribution in [0.25, 0.3) is 16.7 Å². The van der Waals surface area contributed by atoms with E-state index in [0.29, 0.717) is 6.54 Å². The molecular formula is C27H29F3N6. The molecule has 0 amide bonds. The normalized spacial score (nSPS) is 15.4. The first-order valence-corrected chi connectivity index (χ1v) is 12.4. The van der Waals surface area contributed by atoms with Crippen LogP contribution in [0.3, 0.4) is 0 Å². The average molecular weight is 495 g/mol. The highest BCUT2D eigenvalue weighted by Crippen LogP contribution is 2.30. The second-order valence-electron chi connectivity index (χ2n) is 9.15. The van der Waals surface area contributed by atoms with E-state index in [1.165, 1.54) is 0 Å². The van der Waals surface area contributed by atoms with Crippen LogP contribution in [0.2, 0.25) is 0 Å². The van der Waals surface area contributed by atoms with Gasteiger partial charge in [0, 0.05) is 39.1 Å². The second kappa shape index (κ2) is 10.3. The van der Waals surface area contributed by atoms with Gasteiger partial charge in [0.05, 0.1) is 22.8 Å². The molecule has 2 aromatic carbocycles. The summed E-state index contributed by atoms with van der Waals surface area (Å²) in [5.41, 5.74) is 2.04. The number of halogens is 3. The number of para-hydroxylation sites is 1. The first-order valence-electron chi connectivity index (χ1n) is 12.4. The number of aryl methyl sites for hydroxylation is 1. The summed E-state index contributed by atoms with van der Waals surface area (Å²) < 4.78 is 40.5. The Hall–Kier alpha value is -3.46. The molecule has 0 aliphatic carbocycles. The number of benzene rings is 2. The fourth-order valence-corrected chi connectivity index (χ4v) is 4.67. The van der Waals surface area contributed by atoms with Crippen LogP contribution in [-0.2, 0) is 19.1 Å². The molecule has 1 aliphatic rings. The van der Waals surface area contributed by atoms with Crippen LogP contribution < -0.4 is 4.90 Å². The highest BCUT2D eigenvalue weighted by Gasteiger charge is 2.30. The van der Waals surface area contributed by atoms with Crippen LogP contribution in [0.1, 0.15) is 36.7 Å². The van der Waals surface area contributed by atoms with Gasteiger partial charge in [0.2, 0.25) is 0 Å². The average Bonchev–Trinajstić information content (AvgIpc) is 3.16. The van der Waals surface area contributed by atoms with Crippen molar-refractivity contribution < 1.29 is 13.2 Å². The fourth-order valence-electron chi connectivity index (χ4n) is 4.67. The zero-order valence-corrected chi connectivity index (χ0v) is 20.2. The lowest BCUT2D eigenvalue weighted by Gasteiger charge is -2.24. The van der Waals surface area contributed by atoms with Crippen molar-refractivity contribution in [1.82, 2.24) is 24.6 Å². The van der Waals surface area contributed by atoms with Crippen molar-refractivity contribution in [2.24, 2.45) is 0 Å². The molecule has 6 nitrogen and oxygen atoms in total. The number of hydrogen-bond acceptors (Lipinski definition) is 5. The minimum absolute atomic E-state index is 0.611. The zero-order valence-electron chi connectivity index (χ0n) is 20.2. The van der Waals surface area contributed by atoms with Crippen molar-refractivity contribution in [2.45, 2.75) is 38.9 Å². The second-order valence-corrected chi connectivity index (χ2v) is 9.15. The van der Waals surface area contributed by atoms with E-state index in [2.05, 4.69) is 21.8 Å². The Morgan fingerprint density at radius 1 is 0.889 bits per heavy atom. The smallest absolute Gasteiger partial charge is 0.355 e. The number of hydrogen-bond donors (Lipinski definition) is 0. The minimum atomic E-state index is -4.31. The predicted molar refractivity (Wildman–Crippen MR) is 134 cm³/mol. The van der Waals surface area contributed by atoms with E-state index in [1.807, 2.05) is 41.2 Å². The molecule has 5 rings (SSSR count). The molecular weight excluding hydrogens is 465 g/mol.